The maximum Gasteiger partial charge on any atom is 0.257 e. The Labute approximate surface area is 168 Å². The van der Waals surface area contributed by atoms with Gasteiger partial charge in [-0.1, -0.05) is 29.8 Å². The lowest BCUT2D eigenvalue weighted by Crippen LogP contribution is -2.44. The molecule has 0 spiro atoms. The van der Waals surface area contributed by atoms with E-state index >= 15 is 0 Å². The van der Waals surface area contributed by atoms with E-state index in [-0.39, 0.29) is 30.6 Å². The van der Waals surface area contributed by atoms with E-state index in [1.54, 1.807) is 30.3 Å². The lowest BCUT2D eigenvalue weighted by atomic mass is 10.1. The number of rotatable bonds is 7. The van der Waals surface area contributed by atoms with Crippen LogP contribution < -0.4 is 16.2 Å². The summed E-state index contributed by atoms with van der Waals surface area (Å²) < 4.78 is 19.4. The van der Waals surface area contributed by atoms with E-state index in [4.69, 9.17) is 4.42 Å². The molecule has 2 aromatic carbocycles. The highest BCUT2D eigenvalue weighted by atomic mass is 19.1. The minimum Gasteiger partial charge on any atom is -0.461 e. The number of furan rings is 1. The van der Waals surface area contributed by atoms with Gasteiger partial charge in [0.25, 0.3) is 5.91 Å². The van der Waals surface area contributed by atoms with Crippen LogP contribution in [-0.2, 0) is 16.0 Å². The Morgan fingerprint density at radius 1 is 0.931 bits per heavy atom. The predicted octanol–water partition coefficient (Wildman–Crippen LogP) is 3.59. The average molecular weight is 395 g/mol. The van der Waals surface area contributed by atoms with Crippen LogP contribution in [0.3, 0.4) is 0 Å². The monoisotopic (exact) mass is 395 g/mol. The third-order valence-corrected chi connectivity index (χ3v) is 4.25. The van der Waals surface area contributed by atoms with Crippen LogP contribution >= 0.6 is 0 Å². The van der Waals surface area contributed by atoms with Crippen molar-refractivity contribution in [1.82, 2.24) is 10.9 Å². The van der Waals surface area contributed by atoms with Crippen molar-refractivity contribution in [2.75, 3.05) is 11.9 Å². The molecule has 3 aromatic rings. The third kappa shape index (κ3) is 5.93. The van der Waals surface area contributed by atoms with Crippen molar-refractivity contribution < 1.29 is 18.4 Å². The molecular formula is C22H22FN3O3. The summed E-state index contributed by atoms with van der Waals surface area (Å²) in [7, 11) is 0. The number of hydrazine groups is 1. The van der Waals surface area contributed by atoms with Gasteiger partial charge in [0.05, 0.1) is 12.1 Å². The van der Waals surface area contributed by atoms with Crippen LogP contribution in [0.15, 0.2) is 65.1 Å². The SMILES string of the molecule is Cc1ccc(NCC(=O)NNC(=O)CCc2ccc(-c3ccccc3F)o2)cc1. The molecule has 0 fully saturated rings. The summed E-state index contributed by atoms with van der Waals surface area (Å²) in [6.07, 6.45) is 0.452. The molecule has 150 valence electrons. The summed E-state index contributed by atoms with van der Waals surface area (Å²) in [6.45, 7) is 2.02. The molecule has 6 nitrogen and oxygen atoms in total. The highest BCUT2D eigenvalue weighted by Crippen LogP contribution is 2.25. The normalized spacial score (nSPS) is 10.4. The Bertz CT molecular complexity index is 983. The molecule has 0 bridgehead atoms. The minimum atomic E-state index is -0.367. The number of aryl methyl sites for hydroxylation is 2. The van der Waals surface area contributed by atoms with Crippen LogP contribution in [0, 0.1) is 12.7 Å². The zero-order chi connectivity index (χ0) is 20.6. The Morgan fingerprint density at radius 3 is 2.41 bits per heavy atom. The van der Waals surface area contributed by atoms with Gasteiger partial charge in [0, 0.05) is 18.5 Å². The first kappa shape index (κ1) is 20.1. The number of hydrogen-bond acceptors (Lipinski definition) is 4. The first-order valence-electron chi connectivity index (χ1n) is 9.23. The molecule has 0 aliphatic heterocycles. The fourth-order valence-corrected chi connectivity index (χ4v) is 2.65. The average Bonchev–Trinajstić information content (AvgIpc) is 3.19. The second kappa shape index (κ2) is 9.54. The zero-order valence-corrected chi connectivity index (χ0v) is 16.0. The second-order valence-electron chi connectivity index (χ2n) is 6.56. The van der Waals surface area contributed by atoms with Gasteiger partial charge in [-0.3, -0.25) is 20.4 Å². The van der Waals surface area contributed by atoms with Crippen LogP contribution in [0.2, 0.25) is 0 Å². The molecule has 3 N–H and O–H groups in total. The second-order valence-corrected chi connectivity index (χ2v) is 6.56. The molecule has 3 rings (SSSR count). The van der Waals surface area contributed by atoms with Crippen molar-refractivity contribution in [3.8, 4) is 11.3 Å². The maximum absolute atomic E-state index is 13.8. The lowest BCUT2D eigenvalue weighted by molar-refractivity contribution is -0.128. The molecule has 0 saturated heterocycles. The van der Waals surface area contributed by atoms with Gasteiger partial charge in [0.2, 0.25) is 5.91 Å². The van der Waals surface area contributed by atoms with E-state index in [9.17, 15) is 14.0 Å². The van der Waals surface area contributed by atoms with Crippen molar-refractivity contribution in [3.63, 3.8) is 0 Å². The number of anilines is 1. The third-order valence-electron chi connectivity index (χ3n) is 4.25. The summed E-state index contributed by atoms with van der Waals surface area (Å²) in [5.74, 6) is -0.107. The molecule has 7 heteroatoms. The fraction of sp³-hybridized carbons (Fsp3) is 0.182. The van der Waals surface area contributed by atoms with Gasteiger partial charge in [-0.15, -0.1) is 0 Å². The van der Waals surface area contributed by atoms with E-state index in [1.807, 2.05) is 31.2 Å². The molecule has 0 aliphatic carbocycles. The Morgan fingerprint density at radius 2 is 1.66 bits per heavy atom. The van der Waals surface area contributed by atoms with Gasteiger partial charge in [-0.25, -0.2) is 4.39 Å². The highest BCUT2D eigenvalue weighted by molar-refractivity contribution is 5.84. The molecule has 1 heterocycles. The molecule has 29 heavy (non-hydrogen) atoms. The standard InChI is InChI=1S/C22H22FN3O3/c1-15-6-8-16(9-7-15)24-14-22(28)26-25-21(27)13-11-17-10-12-20(29-17)18-4-2-3-5-19(18)23/h2-10,12,24H,11,13-14H2,1H3,(H,25,27)(H,26,28). The van der Waals surface area contributed by atoms with Crippen molar-refractivity contribution >= 4 is 17.5 Å². The predicted molar refractivity (Wildman–Crippen MR) is 108 cm³/mol. The molecule has 0 saturated carbocycles. The number of amides is 2. The van der Waals surface area contributed by atoms with E-state index in [1.165, 1.54) is 6.07 Å². The Balaban J connectivity index is 1.39. The van der Waals surface area contributed by atoms with Crippen LogP contribution in [0.1, 0.15) is 17.7 Å². The van der Waals surface area contributed by atoms with Gasteiger partial charge >= 0.3 is 0 Å². The maximum atomic E-state index is 13.8. The fourth-order valence-electron chi connectivity index (χ4n) is 2.65. The van der Waals surface area contributed by atoms with Gasteiger partial charge in [0.15, 0.2) is 0 Å². The molecule has 0 atom stereocenters. The molecule has 0 unspecified atom stereocenters. The number of hydrogen-bond donors (Lipinski definition) is 3. The molecule has 0 aliphatic rings. The molecule has 0 radical (unpaired) electrons. The van der Waals surface area contributed by atoms with Crippen LogP contribution in [-0.4, -0.2) is 18.4 Å². The minimum absolute atomic E-state index is 0.0352. The summed E-state index contributed by atoms with van der Waals surface area (Å²) in [5.41, 5.74) is 7.04. The zero-order valence-electron chi connectivity index (χ0n) is 16.0. The molecule has 2 amide bonds. The Hall–Kier alpha value is -3.61. The Kier molecular flexibility index (Phi) is 6.63. The molecular weight excluding hydrogens is 373 g/mol. The number of carbonyl (C=O) groups excluding carboxylic acids is 2. The highest BCUT2D eigenvalue weighted by Gasteiger charge is 2.11. The summed E-state index contributed by atoms with van der Waals surface area (Å²) in [4.78, 5) is 23.7. The van der Waals surface area contributed by atoms with Crippen LogP contribution in [0.25, 0.3) is 11.3 Å². The van der Waals surface area contributed by atoms with E-state index in [0.29, 0.717) is 23.5 Å². The van der Waals surface area contributed by atoms with E-state index in [2.05, 4.69) is 16.2 Å². The van der Waals surface area contributed by atoms with Gasteiger partial charge < -0.3 is 9.73 Å². The van der Waals surface area contributed by atoms with Gasteiger partial charge in [-0.2, -0.15) is 0 Å². The van der Waals surface area contributed by atoms with Crippen molar-refractivity contribution in [2.24, 2.45) is 0 Å². The first-order valence-corrected chi connectivity index (χ1v) is 9.23. The first-order chi connectivity index (χ1) is 14.0. The van der Waals surface area contributed by atoms with E-state index < -0.39 is 0 Å². The summed E-state index contributed by atoms with van der Waals surface area (Å²) in [5, 5.41) is 2.97. The smallest absolute Gasteiger partial charge is 0.257 e. The number of nitrogens with one attached hydrogen (secondary N) is 3. The summed E-state index contributed by atoms with van der Waals surface area (Å²) >= 11 is 0. The molecule has 1 aromatic heterocycles. The van der Waals surface area contributed by atoms with Crippen molar-refractivity contribution in [3.05, 3.63) is 77.8 Å². The van der Waals surface area contributed by atoms with Gasteiger partial charge in [-0.05, 0) is 43.3 Å². The lowest BCUT2D eigenvalue weighted by Gasteiger charge is -2.09. The quantitative estimate of drug-likeness (QED) is 0.534. The topological polar surface area (TPSA) is 83.4 Å². The number of halogens is 1. The largest absolute Gasteiger partial charge is 0.461 e. The number of benzene rings is 2. The van der Waals surface area contributed by atoms with Crippen molar-refractivity contribution in [2.45, 2.75) is 19.8 Å². The van der Waals surface area contributed by atoms with Gasteiger partial charge in [0.1, 0.15) is 17.3 Å². The van der Waals surface area contributed by atoms with Crippen LogP contribution in [0.4, 0.5) is 10.1 Å². The van der Waals surface area contributed by atoms with E-state index in [0.717, 1.165) is 11.3 Å². The summed E-state index contributed by atoms with van der Waals surface area (Å²) in [6, 6.07) is 17.3. The number of carbonyl (C=O) groups is 2. The van der Waals surface area contributed by atoms with Crippen LogP contribution in [0.5, 0.6) is 0 Å². The van der Waals surface area contributed by atoms with Crippen molar-refractivity contribution in [1.29, 1.82) is 0 Å².